The highest BCUT2D eigenvalue weighted by atomic mass is 16.6. The molecule has 2 aromatic rings. The van der Waals surface area contributed by atoms with Crippen molar-refractivity contribution >= 4 is 23.6 Å². The van der Waals surface area contributed by atoms with Gasteiger partial charge in [0.25, 0.3) is 0 Å². The predicted octanol–water partition coefficient (Wildman–Crippen LogP) is 7.60. The molecule has 2 bridgehead atoms. The molecule has 2 aromatic carbocycles. The number of Topliss-reactive ketones (excluding diaryl/α,β-unsaturated/α-hetero) is 1. The molecule has 290 valence electrons. The third kappa shape index (κ3) is 8.98. The zero-order chi connectivity index (χ0) is 38.3. The topological polar surface area (TPSA) is 134 Å². The maximum absolute atomic E-state index is 11.8. The number of amides is 1. The Labute approximate surface area is 316 Å². The van der Waals surface area contributed by atoms with Gasteiger partial charge in [-0.15, -0.1) is 0 Å². The van der Waals surface area contributed by atoms with Crippen LogP contribution in [0.3, 0.4) is 0 Å². The minimum absolute atomic E-state index is 0.0671. The van der Waals surface area contributed by atoms with Crippen LogP contribution in [0.2, 0.25) is 0 Å². The second-order valence-electron chi connectivity index (χ2n) is 16.0. The largest absolute Gasteiger partial charge is 0.493 e. The van der Waals surface area contributed by atoms with E-state index >= 15 is 0 Å². The molecule has 3 N–H and O–H groups in total. The van der Waals surface area contributed by atoms with Gasteiger partial charge in [0.1, 0.15) is 17.3 Å². The lowest BCUT2D eigenvalue weighted by atomic mass is 9.67. The molecule has 9 heteroatoms. The Balaban J connectivity index is 0.000000141. The van der Waals surface area contributed by atoms with Gasteiger partial charge in [-0.3, -0.25) is 19.2 Å². The van der Waals surface area contributed by atoms with E-state index in [0.29, 0.717) is 35.4 Å². The van der Waals surface area contributed by atoms with Crippen LogP contribution >= 0.6 is 0 Å². The summed E-state index contributed by atoms with van der Waals surface area (Å²) >= 11 is 0. The lowest BCUT2D eigenvalue weighted by Gasteiger charge is -2.35. The van der Waals surface area contributed by atoms with Gasteiger partial charge in [0, 0.05) is 61.6 Å². The number of carbonyl (C=O) groups is 4. The van der Waals surface area contributed by atoms with E-state index in [1.807, 2.05) is 6.92 Å². The molecule has 2 heterocycles. The zero-order valence-corrected chi connectivity index (χ0v) is 32.9. The van der Waals surface area contributed by atoms with Crippen LogP contribution in [0.4, 0.5) is 0 Å². The van der Waals surface area contributed by atoms with Crippen molar-refractivity contribution in [3.8, 4) is 11.5 Å². The number of hydrogen-bond acceptors (Lipinski definition) is 8. The molecule has 4 saturated carbocycles. The molecule has 4 aliphatic carbocycles. The van der Waals surface area contributed by atoms with Crippen LogP contribution in [-0.4, -0.2) is 49.9 Å². The fourth-order valence-corrected chi connectivity index (χ4v) is 9.18. The molecular weight excluding hydrogens is 668 g/mol. The number of fused-ring (bicyclic) bond motifs is 4. The molecular formula is C44H62N2O7. The number of hydrogen-bond donors (Lipinski definition) is 2. The Morgan fingerprint density at radius 2 is 1.38 bits per heavy atom. The van der Waals surface area contributed by atoms with Gasteiger partial charge in [-0.25, -0.2) is 0 Å². The minimum atomic E-state index is -0.457. The van der Waals surface area contributed by atoms with Gasteiger partial charge in [-0.1, -0.05) is 65.8 Å². The number of ketones is 1. The number of nitrogens with one attached hydrogen (secondary N) is 1. The molecule has 0 saturated heterocycles. The first-order valence-corrected chi connectivity index (χ1v) is 20.2. The molecule has 4 fully saturated rings. The van der Waals surface area contributed by atoms with Crippen molar-refractivity contribution in [2.24, 2.45) is 34.3 Å². The third-order valence-corrected chi connectivity index (χ3v) is 12.9. The second kappa shape index (κ2) is 17.6. The molecule has 1 amide bonds. The van der Waals surface area contributed by atoms with E-state index in [-0.39, 0.29) is 24.2 Å². The monoisotopic (exact) mass is 730 g/mol. The smallest absolute Gasteiger partial charge is 0.313 e. The number of carbonyl (C=O) groups excluding carboxylic acids is 4. The summed E-state index contributed by atoms with van der Waals surface area (Å²) in [4.78, 5) is 43.7. The molecule has 6 atom stereocenters. The van der Waals surface area contributed by atoms with Crippen LogP contribution < -0.4 is 20.5 Å². The van der Waals surface area contributed by atoms with Crippen LogP contribution in [0.25, 0.3) is 0 Å². The third-order valence-electron chi connectivity index (χ3n) is 12.9. The molecule has 9 nitrogen and oxygen atoms in total. The van der Waals surface area contributed by atoms with Gasteiger partial charge < -0.3 is 25.3 Å². The van der Waals surface area contributed by atoms with Gasteiger partial charge in [0.2, 0.25) is 5.91 Å². The lowest BCUT2D eigenvalue weighted by Crippen LogP contribution is -2.34. The summed E-state index contributed by atoms with van der Waals surface area (Å²) in [5, 5.41) is 2.99. The van der Waals surface area contributed by atoms with E-state index in [0.717, 1.165) is 81.7 Å². The highest BCUT2D eigenvalue weighted by molar-refractivity contribution is 5.89. The Bertz CT molecular complexity index is 1620. The van der Waals surface area contributed by atoms with E-state index in [9.17, 15) is 19.2 Å². The average Bonchev–Trinajstić information content (AvgIpc) is 3.94. The van der Waals surface area contributed by atoms with Crippen LogP contribution in [0, 0.1) is 28.6 Å². The Morgan fingerprint density at radius 3 is 1.79 bits per heavy atom. The van der Waals surface area contributed by atoms with Crippen LogP contribution in [0.15, 0.2) is 36.4 Å². The number of ether oxygens (including phenoxy) is 3. The van der Waals surface area contributed by atoms with Crippen LogP contribution in [-0.2, 0) is 36.8 Å². The van der Waals surface area contributed by atoms with Gasteiger partial charge in [0.05, 0.1) is 13.2 Å². The van der Waals surface area contributed by atoms with Crippen molar-refractivity contribution in [1.29, 1.82) is 0 Å². The Hall–Kier alpha value is -3.72. The highest BCUT2D eigenvalue weighted by Gasteiger charge is 2.62. The normalized spacial score (nSPS) is 27.2. The lowest BCUT2D eigenvalue weighted by molar-refractivity contribution is -0.159. The van der Waals surface area contributed by atoms with Crippen molar-refractivity contribution < 1.29 is 33.4 Å². The van der Waals surface area contributed by atoms with Crippen LogP contribution in [0.5, 0.6) is 11.5 Å². The molecule has 6 aliphatic rings. The summed E-state index contributed by atoms with van der Waals surface area (Å²) in [5.41, 5.74) is 11.8. The first-order chi connectivity index (χ1) is 25.4. The number of esters is 2. The Morgan fingerprint density at radius 1 is 0.830 bits per heavy atom. The maximum atomic E-state index is 11.8. The molecule has 0 aromatic heterocycles. The van der Waals surface area contributed by atoms with E-state index < -0.39 is 11.9 Å². The van der Waals surface area contributed by atoms with Crippen molar-refractivity contribution in [3.05, 3.63) is 58.7 Å². The molecule has 0 radical (unpaired) electrons. The first kappa shape index (κ1) is 40.5. The van der Waals surface area contributed by atoms with Crippen molar-refractivity contribution in [3.63, 3.8) is 0 Å². The molecule has 4 unspecified atom stereocenters. The Kier molecular flexibility index (Phi) is 13.4. The molecule has 2 aliphatic heterocycles. The summed E-state index contributed by atoms with van der Waals surface area (Å²) in [6.07, 6.45) is 10.0. The van der Waals surface area contributed by atoms with Crippen molar-refractivity contribution in [2.45, 2.75) is 124 Å². The maximum Gasteiger partial charge on any atom is 0.313 e. The summed E-state index contributed by atoms with van der Waals surface area (Å²) in [5.74, 6) is 5.33. The van der Waals surface area contributed by atoms with Crippen molar-refractivity contribution in [1.82, 2.24) is 5.32 Å². The molecule has 8 rings (SSSR count). The van der Waals surface area contributed by atoms with Gasteiger partial charge in [-0.2, -0.15) is 0 Å². The summed E-state index contributed by atoms with van der Waals surface area (Å²) < 4.78 is 15.4. The fraction of sp³-hybridized carbons (Fsp3) is 0.636. The van der Waals surface area contributed by atoms with E-state index in [1.165, 1.54) is 41.5 Å². The standard InChI is InChI=1S/C15H19NO2.C12H15NO.C11H18O.C6H10O3/c1-2-15(17)16-9-10-8-13(10)11-4-3-5-14-12(11)6-7-18-14;13-7-8-6-11(8)9-2-1-3-12-10(9)4-5-14-12;1-4-11-6-5-8(7-9(11)12)10(11,2)3;1-3-5(7)9-6(8)4-2/h3-5,10,13H,2,6-9H2,1H3,(H,16,17);1-3,8,11H,4-7,13H2;8H,4-7H2,1-3H3;3-4H2,1-2H3/t10-,13?;8-,11?;;/m00../s1. The van der Waals surface area contributed by atoms with Crippen molar-refractivity contribution in [2.75, 3.05) is 26.3 Å². The zero-order valence-electron chi connectivity index (χ0n) is 32.9. The molecule has 0 spiro atoms. The minimum Gasteiger partial charge on any atom is -0.493 e. The predicted molar refractivity (Wildman–Crippen MR) is 206 cm³/mol. The summed E-state index contributed by atoms with van der Waals surface area (Å²) in [6, 6.07) is 12.8. The van der Waals surface area contributed by atoms with Gasteiger partial charge in [-0.05, 0) is 96.9 Å². The van der Waals surface area contributed by atoms with Crippen LogP contribution in [0.1, 0.15) is 133 Å². The quantitative estimate of drug-likeness (QED) is 0.199. The summed E-state index contributed by atoms with van der Waals surface area (Å²) in [7, 11) is 0. The number of nitrogens with two attached hydrogens (primary N) is 1. The van der Waals surface area contributed by atoms with E-state index in [1.54, 1.807) is 13.8 Å². The first-order valence-electron chi connectivity index (χ1n) is 20.2. The highest BCUT2D eigenvalue weighted by Crippen LogP contribution is 2.65. The second-order valence-corrected chi connectivity index (χ2v) is 16.0. The van der Waals surface area contributed by atoms with Gasteiger partial charge in [0.15, 0.2) is 0 Å². The number of rotatable bonds is 9. The van der Waals surface area contributed by atoms with E-state index in [2.05, 4.69) is 67.2 Å². The van der Waals surface area contributed by atoms with Gasteiger partial charge >= 0.3 is 11.9 Å². The average molecular weight is 731 g/mol. The summed E-state index contributed by atoms with van der Waals surface area (Å²) in [6.45, 7) is 15.3. The van der Waals surface area contributed by atoms with E-state index in [4.69, 9.17) is 15.2 Å². The number of benzene rings is 2. The SMILES string of the molecule is CCC(=O)NC[C@@H]1CC1c1cccc2c1CCO2.CCC(=O)OC(=O)CC.CCC12CCC(CC1=O)C2(C)C.NC[C@@H]1CC1c1cccc2c1CCO2. The molecule has 53 heavy (non-hydrogen) atoms. The fourth-order valence-electron chi connectivity index (χ4n) is 9.18.